The van der Waals surface area contributed by atoms with Crippen LogP contribution in [0.1, 0.15) is 38.3 Å². The highest BCUT2D eigenvalue weighted by Gasteiger charge is 2.39. The zero-order valence-electron chi connectivity index (χ0n) is 16.6. The van der Waals surface area contributed by atoms with Crippen molar-refractivity contribution in [2.24, 2.45) is 5.41 Å². The Labute approximate surface area is 170 Å². The zero-order valence-corrected chi connectivity index (χ0v) is 17.4. The summed E-state index contributed by atoms with van der Waals surface area (Å²) in [6.07, 6.45) is -10.1. The van der Waals surface area contributed by atoms with Crippen LogP contribution in [0, 0.1) is 5.41 Å². The van der Waals surface area contributed by atoms with Crippen LogP contribution in [-0.2, 0) is 27.2 Å². The van der Waals surface area contributed by atoms with Crippen LogP contribution < -0.4 is 0 Å². The molecule has 0 aromatic heterocycles. The molecule has 0 unspecified atom stereocenters. The molecule has 1 aliphatic heterocycles. The van der Waals surface area contributed by atoms with E-state index in [4.69, 9.17) is 0 Å². The first-order valence-electron chi connectivity index (χ1n) is 8.99. The van der Waals surface area contributed by atoms with Gasteiger partial charge in [0.05, 0.1) is 16.0 Å². The lowest BCUT2D eigenvalue weighted by Crippen LogP contribution is -2.51. The van der Waals surface area contributed by atoms with Crippen LogP contribution in [0.3, 0.4) is 0 Å². The van der Waals surface area contributed by atoms with Gasteiger partial charge in [0.15, 0.2) is 0 Å². The number of carbonyl (C=O) groups is 1. The van der Waals surface area contributed by atoms with Crippen molar-refractivity contribution in [2.45, 2.75) is 44.4 Å². The molecule has 5 nitrogen and oxygen atoms in total. The largest absolute Gasteiger partial charge is 0.416 e. The van der Waals surface area contributed by atoms with Gasteiger partial charge in [0, 0.05) is 32.6 Å². The molecule has 170 valence electrons. The van der Waals surface area contributed by atoms with E-state index in [1.165, 1.54) is 4.90 Å². The second-order valence-corrected chi connectivity index (χ2v) is 10.2. The minimum absolute atomic E-state index is 0.000761. The minimum Gasteiger partial charge on any atom is -0.340 e. The van der Waals surface area contributed by atoms with E-state index in [1.807, 2.05) is 20.8 Å². The van der Waals surface area contributed by atoms with Crippen LogP contribution in [0.4, 0.5) is 26.3 Å². The average molecular weight is 460 g/mol. The third-order valence-corrected chi connectivity index (χ3v) is 6.35. The van der Waals surface area contributed by atoms with E-state index in [0.29, 0.717) is 0 Å². The molecule has 1 amide bonds. The highest BCUT2D eigenvalue weighted by atomic mass is 32.2. The molecule has 2 rings (SSSR count). The Balaban J connectivity index is 2.29. The topological polar surface area (TPSA) is 57.7 Å². The summed E-state index contributed by atoms with van der Waals surface area (Å²) in [5.41, 5.74) is -3.68. The van der Waals surface area contributed by atoms with E-state index in [-0.39, 0.29) is 62.1 Å². The molecule has 0 aliphatic carbocycles. The molecular weight excluding hydrogens is 438 g/mol. The second kappa shape index (κ2) is 8.03. The van der Waals surface area contributed by atoms with Crippen molar-refractivity contribution < 1.29 is 39.6 Å². The van der Waals surface area contributed by atoms with Crippen LogP contribution in [0.15, 0.2) is 23.1 Å². The van der Waals surface area contributed by atoms with Crippen molar-refractivity contribution in [1.82, 2.24) is 9.21 Å². The minimum atomic E-state index is -5.15. The molecule has 1 aromatic carbocycles. The molecule has 30 heavy (non-hydrogen) atoms. The van der Waals surface area contributed by atoms with Gasteiger partial charge in [-0.1, -0.05) is 20.8 Å². The summed E-state index contributed by atoms with van der Waals surface area (Å²) in [5.74, 6) is -0.196. The van der Waals surface area contributed by atoms with Gasteiger partial charge in [-0.2, -0.15) is 30.6 Å². The lowest BCUT2D eigenvalue weighted by Gasteiger charge is -2.35. The Morgan fingerprint density at radius 1 is 0.867 bits per heavy atom. The molecule has 12 heteroatoms. The fraction of sp³-hybridized carbons (Fsp3) is 0.611. The summed E-state index contributed by atoms with van der Waals surface area (Å²) in [4.78, 5) is 12.6. The Morgan fingerprint density at radius 3 is 1.67 bits per heavy atom. The first-order chi connectivity index (χ1) is 13.4. The van der Waals surface area contributed by atoms with Gasteiger partial charge in [0.2, 0.25) is 15.9 Å². The quantitative estimate of drug-likeness (QED) is 0.641. The van der Waals surface area contributed by atoms with Crippen LogP contribution in [0.25, 0.3) is 0 Å². The number of hydrogen-bond acceptors (Lipinski definition) is 3. The second-order valence-electron chi connectivity index (χ2n) is 8.26. The van der Waals surface area contributed by atoms with E-state index in [0.717, 1.165) is 4.31 Å². The number of piperazine rings is 1. The van der Waals surface area contributed by atoms with Crippen molar-refractivity contribution >= 4 is 15.9 Å². The molecule has 0 radical (unpaired) electrons. The third-order valence-electron chi connectivity index (χ3n) is 4.47. The van der Waals surface area contributed by atoms with E-state index < -0.39 is 38.4 Å². The molecule has 0 saturated carbocycles. The lowest BCUT2D eigenvalue weighted by atomic mass is 9.91. The molecule has 1 saturated heterocycles. The maximum atomic E-state index is 13.0. The van der Waals surface area contributed by atoms with Gasteiger partial charge in [-0.05, 0) is 23.6 Å². The van der Waals surface area contributed by atoms with Gasteiger partial charge in [0.1, 0.15) is 0 Å². The molecule has 1 aromatic rings. The number of sulfonamides is 1. The van der Waals surface area contributed by atoms with E-state index in [1.54, 1.807) is 0 Å². The Kier molecular flexibility index (Phi) is 6.54. The fourth-order valence-corrected chi connectivity index (χ4v) is 4.46. The molecule has 0 N–H and O–H groups in total. The lowest BCUT2D eigenvalue weighted by molar-refractivity contribution is -0.143. The maximum absolute atomic E-state index is 13.0. The van der Waals surface area contributed by atoms with Gasteiger partial charge in [-0.25, -0.2) is 8.42 Å². The van der Waals surface area contributed by atoms with Crippen molar-refractivity contribution in [1.29, 1.82) is 0 Å². The number of rotatable bonds is 3. The molecule has 1 fully saturated rings. The predicted molar refractivity (Wildman–Crippen MR) is 95.9 cm³/mol. The molecule has 1 heterocycles. The first-order valence-corrected chi connectivity index (χ1v) is 10.4. The smallest absolute Gasteiger partial charge is 0.340 e. The molecule has 1 aliphatic rings. The van der Waals surface area contributed by atoms with Crippen LogP contribution in [0.2, 0.25) is 0 Å². The molecule has 0 bridgehead atoms. The number of nitrogens with zero attached hydrogens (tertiary/aromatic N) is 2. The van der Waals surface area contributed by atoms with Crippen LogP contribution >= 0.6 is 0 Å². The number of halogens is 6. The highest BCUT2D eigenvalue weighted by molar-refractivity contribution is 7.89. The van der Waals surface area contributed by atoms with Gasteiger partial charge < -0.3 is 4.90 Å². The van der Waals surface area contributed by atoms with E-state index >= 15 is 0 Å². The molecule has 0 atom stereocenters. The third kappa shape index (κ3) is 5.87. The van der Waals surface area contributed by atoms with Gasteiger partial charge >= 0.3 is 12.4 Å². The first kappa shape index (κ1) is 24.4. The Hall–Kier alpha value is -1.82. The molecule has 0 spiro atoms. The van der Waals surface area contributed by atoms with E-state index in [9.17, 15) is 39.6 Å². The number of alkyl halides is 6. The van der Waals surface area contributed by atoms with Crippen LogP contribution in [0.5, 0.6) is 0 Å². The normalized spacial score (nSPS) is 17.3. The summed E-state index contributed by atoms with van der Waals surface area (Å²) in [7, 11) is -4.62. The molecular formula is C18H22F6N2O3S. The number of hydrogen-bond donors (Lipinski definition) is 0. The zero-order chi connectivity index (χ0) is 23.1. The van der Waals surface area contributed by atoms with Crippen LogP contribution in [-0.4, -0.2) is 49.7 Å². The standard InChI is InChI=1S/C18H22F6N2O3S/c1-16(2,3)11-15(27)25-4-6-26(7-5-25)30(28,29)14-9-12(17(19,20)21)8-13(10-14)18(22,23)24/h8-10H,4-7,11H2,1-3H3. The number of amides is 1. The number of benzene rings is 1. The fourth-order valence-electron chi connectivity index (χ4n) is 2.97. The summed E-state index contributed by atoms with van der Waals surface area (Å²) < 4.78 is 104. The summed E-state index contributed by atoms with van der Waals surface area (Å²) in [6, 6.07) is 0.269. The van der Waals surface area contributed by atoms with Crippen molar-refractivity contribution in [3.8, 4) is 0 Å². The van der Waals surface area contributed by atoms with Gasteiger partial charge in [-0.3, -0.25) is 4.79 Å². The van der Waals surface area contributed by atoms with Crippen molar-refractivity contribution in [2.75, 3.05) is 26.2 Å². The predicted octanol–water partition coefficient (Wildman–Crippen LogP) is 3.99. The summed E-state index contributed by atoms with van der Waals surface area (Å²) in [6.45, 7) is 5.12. The summed E-state index contributed by atoms with van der Waals surface area (Å²) in [5, 5.41) is 0. The van der Waals surface area contributed by atoms with Gasteiger partial charge in [-0.15, -0.1) is 0 Å². The number of carbonyl (C=O) groups excluding carboxylic acids is 1. The van der Waals surface area contributed by atoms with Crippen molar-refractivity contribution in [3.63, 3.8) is 0 Å². The average Bonchev–Trinajstić information content (AvgIpc) is 2.58. The maximum Gasteiger partial charge on any atom is 0.416 e. The Morgan fingerprint density at radius 2 is 1.30 bits per heavy atom. The van der Waals surface area contributed by atoms with E-state index in [2.05, 4.69) is 0 Å². The highest BCUT2D eigenvalue weighted by Crippen LogP contribution is 2.38. The monoisotopic (exact) mass is 460 g/mol. The van der Waals surface area contributed by atoms with Crippen molar-refractivity contribution in [3.05, 3.63) is 29.3 Å². The SMILES string of the molecule is CC(C)(C)CC(=O)N1CCN(S(=O)(=O)c2cc(C(F)(F)F)cc(C(F)(F)F)c2)CC1. The summed E-state index contributed by atoms with van der Waals surface area (Å²) >= 11 is 0. The van der Waals surface area contributed by atoms with Gasteiger partial charge in [0.25, 0.3) is 0 Å². The Bertz CT molecular complexity index is 864.